The summed E-state index contributed by atoms with van der Waals surface area (Å²) in [6, 6.07) is 11.2. The minimum absolute atomic E-state index is 0.190. The maximum atomic E-state index is 12.1. The van der Waals surface area contributed by atoms with Gasteiger partial charge in [0.05, 0.1) is 32.5 Å². The number of imidazole rings is 1. The van der Waals surface area contributed by atoms with Crippen molar-refractivity contribution >= 4 is 57.6 Å². The Morgan fingerprint density at radius 2 is 2.04 bits per heavy atom. The van der Waals surface area contributed by atoms with Crippen molar-refractivity contribution < 1.29 is 4.79 Å². The van der Waals surface area contributed by atoms with E-state index in [-0.39, 0.29) is 11.7 Å². The Morgan fingerprint density at radius 3 is 2.83 bits per heavy atom. The van der Waals surface area contributed by atoms with Crippen LogP contribution in [0.15, 0.2) is 41.6 Å². The molecule has 0 aliphatic carbocycles. The molecule has 0 saturated heterocycles. The average Bonchev–Trinajstić information content (AvgIpc) is 2.96. The van der Waals surface area contributed by atoms with Gasteiger partial charge in [-0.25, -0.2) is 4.98 Å². The number of anilines is 1. The van der Waals surface area contributed by atoms with E-state index in [0.29, 0.717) is 20.9 Å². The highest BCUT2D eigenvalue weighted by molar-refractivity contribution is 7.99. The number of hydrogen-bond acceptors (Lipinski definition) is 3. The number of rotatable bonds is 4. The second kappa shape index (κ2) is 6.83. The van der Waals surface area contributed by atoms with Crippen molar-refractivity contribution in [1.29, 1.82) is 0 Å². The molecule has 3 rings (SSSR count). The third-order valence-corrected chi connectivity index (χ3v) is 4.93. The zero-order valence-electron chi connectivity index (χ0n) is 12.2. The Balaban J connectivity index is 1.67. The number of halogens is 2. The van der Waals surface area contributed by atoms with E-state index in [0.717, 1.165) is 16.6 Å². The minimum atomic E-state index is -0.190. The quantitative estimate of drug-likeness (QED) is 0.645. The number of thioether (sulfide) groups is 1. The molecule has 0 radical (unpaired) electrons. The van der Waals surface area contributed by atoms with Crippen LogP contribution in [-0.2, 0) is 4.79 Å². The molecular weight excluding hydrogens is 353 g/mol. The third kappa shape index (κ3) is 3.63. The molecule has 0 bridgehead atoms. The lowest BCUT2D eigenvalue weighted by molar-refractivity contribution is -0.113. The highest BCUT2D eigenvalue weighted by atomic mass is 35.5. The Kier molecular flexibility index (Phi) is 4.80. The van der Waals surface area contributed by atoms with Crippen LogP contribution in [0.2, 0.25) is 10.0 Å². The molecule has 118 valence electrons. The molecule has 2 N–H and O–H groups in total. The van der Waals surface area contributed by atoms with Gasteiger partial charge in [-0.05, 0) is 30.7 Å². The number of hydrogen-bond donors (Lipinski definition) is 2. The van der Waals surface area contributed by atoms with E-state index >= 15 is 0 Å². The van der Waals surface area contributed by atoms with Crippen molar-refractivity contribution in [3.05, 3.63) is 52.0 Å². The van der Waals surface area contributed by atoms with Crippen LogP contribution in [0.5, 0.6) is 0 Å². The topological polar surface area (TPSA) is 57.8 Å². The molecule has 1 amide bonds. The van der Waals surface area contributed by atoms with Crippen LogP contribution in [0.4, 0.5) is 5.69 Å². The molecule has 0 aliphatic rings. The second-order valence-electron chi connectivity index (χ2n) is 4.95. The standard InChI is InChI=1S/C16H13Cl2N3OS/c1-9-6-7-10(17)15(14(9)18)21-13(22)8-23-16-19-11-4-2-3-5-12(11)20-16/h2-7H,8H2,1H3,(H,19,20)(H,21,22). The van der Waals surface area contributed by atoms with Crippen LogP contribution in [0.1, 0.15) is 5.56 Å². The van der Waals surface area contributed by atoms with Gasteiger partial charge < -0.3 is 10.3 Å². The first-order valence-corrected chi connectivity index (χ1v) is 8.61. The first kappa shape index (κ1) is 16.2. The first-order valence-electron chi connectivity index (χ1n) is 6.86. The normalized spacial score (nSPS) is 10.9. The van der Waals surface area contributed by atoms with Crippen LogP contribution in [0.25, 0.3) is 11.0 Å². The van der Waals surface area contributed by atoms with Gasteiger partial charge in [-0.15, -0.1) is 0 Å². The Labute approximate surface area is 147 Å². The summed E-state index contributed by atoms with van der Waals surface area (Å²) in [4.78, 5) is 19.7. The lowest BCUT2D eigenvalue weighted by atomic mass is 10.2. The number of benzene rings is 2. The number of aromatic nitrogens is 2. The molecule has 1 aromatic heterocycles. The van der Waals surface area contributed by atoms with Gasteiger partial charge in [0.15, 0.2) is 5.16 Å². The van der Waals surface area contributed by atoms with Gasteiger partial charge in [0.25, 0.3) is 0 Å². The van der Waals surface area contributed by atoms with E-state index in [1.807, 2.05) is 37.3 Å². The van der Waals surface area contributed by atoms with Gasteiger partial charge >= 0.3 is 0 Å². The fraction of sp³-hybridized carbons (Fsp3) is 0.125. The van der Waals surface area contributed by atoms with Crippen LogP contribution in [0.3, 0.4) is 0 Å². The van der Waals surface area contributed by atoms with E-state index in [9.17, 15) is 4.79 Å². The molecule has 0 atom stereocenters. The van der Waals surface area contributed by atoms with E-state index in [2.05, 4.69) is 15.3 Å². The predicted molar refractivity (Wildman–Crippen MR) is 96.6 cm³/mol. The minimum Gasteiger partial charge on any atom is -0.333 e. The van der Waals surface area contributed by atoms with Crippen molar-refractivity contribution in [2.45, 2.75) is 12.1 Å². The fourth-order valence-electron chi connectivity index (χ4n) is 2.08. The second-order valence-corrected chi connectivity index (χ2v) is 6.70. The average molecular weight is 366 g/mol. The number of fused-ring (bicyclic) bond motifs is 1. The summed E-state index contributed by atoms with van der Waals surface area (Å²) in [5.41, 5.74) is 3.13. The summed E-state index contributed by atoms with van der Waals surface area (Å²) >= 11 is 13.6. The smallest absolute Gasteiger partial charge is 0.234 e. The lowest BCUT2D eigenvalue weighted by Gasteiger charge is -2.10. The largest absolute Gasteiger partial charge is 0.333 e. The Bertz CT molecular complexity index is 846. The molecule has 0 fully saturated rings. The number of nitrogens with zero attached hydrogens (tertiary/aromatic N) is 1. The number of aryl methyl sites for hydroxylation is 1. The van der Waals surface area contributed by atoms with Crippen LogP contribution < -0.4 is 5.32 Å². The van der Waals surface area contributed by atoms with Crippen molar-refractivity contribution in [1.82, 2.24) is 9.97 Å². The summed E-state index contributed by atoms with van der Waals surface area (Å²) in [6.45, 7) is 1.86. The molecule has 0 unspecified atom stereocenters. The fourth-order valence-corrected chi connectivity index (χ4v) is 3.23. The number of carbonyl (C=O) groups is 1. The highest BCUT2D eigenvalue weighted by Gasteiger charge is 2.13. The lowest BCUT2D eigenvalue weighted by Crippen LogP contribution is -2.15. The Hall–Kier alpha value is -1.69. The molecule has 4 nitrogen and oxygen atoms in total. The monoisotopic (exact) mass is 365 g/mol. The van der Waals surface area contributed by atoms with Gasteiger partial charge in [-0.1, -0.05) is 53.2 Å². The third-order valence-electron chi connectivity index (χ3n) is 3.26. The number of aromatic amines is 1. The highest BCUT2D eigenvalue weighted by Crippen LogP contribution is 2.33. The molecule has 0 saturated carbocycles. The van der Waals surface area contributed by atoms with Gasteiger partial charge in [0.1, 0.15) is 0 Å². The van der Waals surface area contributed by atoms with Gasteiger partial charge in [-0.3, -0.25) is 4.79 Å². The van der Waals surface area contributed by atoms with Gasteiger partial charge in [0.2, 0.25) is 5.91 Å². The number of nitrogens with one attached hydrogen (secondary N) is 2. The maximum Gasteiger partial charge on any atom is 0.234 e. The first-order chi connectivity index (χ1) is 11.0. The van der Waals surface area contributed by atoms with Crippen LogP contribution in [-0.4, -0.2) is 21.6 Å². The van der Waals surface area contributed by atoms with E-state index in [1.165, 1.54) is 11.8 Å². The molecule has 1 heterocycles. The van der Waals surface area contributed by atoms with Crippen LogP contribution in [0, 0.1) is 6.92 Å². The SMILES string of the molecule is Cc1ccc(Cl)c(NC(=O)CSc2nc3ccccc3[nH]2)c1Cl. The van der Waals surface area contributed by atoms with E-state index in [4.69, 9.17) is 23.2 Å². The zero-order chi connectivity index (χ0) is 16.4. The predicted octanol–water partition coefficient (Wildman–Crippen LogP) is 4.91. The van der Waals surface area contributed by atoms with E-state index < -0.39 is 0 Å². The summed E-state index contributed by atoms with van der Waals surface area (Å²) in [5.74, 6) is 0.0188. The van der Waals surface area contributed by atoms with E-state index in [1.54, 1.807) is 6.07 Å². The molecule has 2 aromatic carbocycles. The number of H-pyrrole nitrogens is 1. The van der Waals surface area contributed by atoms with Crippen molar-refractivity contribution in [3.8, 4) is 0 Å². The summed E-state index contributed by atoms with van der Waals surface area (Å²) in [6.07, 6.45) is 0. The number of para-hydroxylation sites is 2. The van der Waals surface area contributed by atoms with Gasteiger partial charge in [0, 0.05) is 0 Å². The molecular formula is C16H13Cl2N3OS. The van der Waals surface area contributed by atoms with Crippen molar-refractivity contribution in [2.75, 3.05) is 11.1 Å². The van der Waals surface area contributed by atoms with Crippen molar-refractivity contribution in [2.24, 2.45) is 0 Å². The summed E-state index contributed by atoms with van der Waals surface area (Å²) in [7, 11) is 0. The van der Waals surface area contributed by atoms with Crippen LogP contribution >= 0.6 is 35.0 Å². The van der Waals surface area contributed by atoms with Crippen molar-refractivity contribution in [3.63, 3.8) is 0 Å². The molecule has 23 heavy (non-hydrogen) atoms. The summed E-state index contributed by atoms with van der Waals surface area (Å²) < 4.78 is 0. The molecule has 0 aliphatic heterocycles. The molecule has 7 heteroatoms. The molecule has 0 spiro atoms. The van der Waals surface area contributed by atoms with Gasteiger partial charge in [-0.2, -0.15) is 0 Å². The maximum absolute atomic E-state index is 12.1. The molecule has 3 aromatic rings. The Morgan fingerprint density at radius 1 is 1.26 bits per heavy atom. The number of carbonyl (C=O) groups excluding carboxylic acids is 1. The summed E-state index contributed by atoms with van der Waals surface area (Å²) in [5, 5.41) is 4.33. The number of amides is 1. The zero-order valence-corrected chi connectivity index (χ0v) is 14.5.